The summed E-state index contributed by atoms with van der Waals surface area (Å²) >= 11 is 0. The van der Waals surface area contributed by atoms with E-state index in [2.05, 4.69) is 15.5 Å². The molecule has 2 unspecified atom stereocenters. The first-order chi connectivity index (χ1) is 17.3. The number of aromatic nitrogens is 2. The quantitative estimate of drug-likeness (QED) is 0.597. The van der Waals surface area contributed by atoms with Crippen LogP contribution in [0.3, 0.4) is 0 Å². The van der Waals surface area contributed by atoms with E-state index < -0.39 is 11.6 Å². The predicted molar refractivity (Wildman–Crippen MR) is 129 cm³/mol. The van der Waals surface area contributed by atoms with Crippen LogP contribution < -0.4 is 5.32 Å². The van der Waals surface area contributed by atoms with E-state index in [1.807, 2.05) is 13.8 Å². The normalized spacial score (nSPS) is 25.2. The molecule has 2 N–H and O–H groups in total. The van der Waals surface area contributed by atoms with Gasteiger partial charge in [-0.1, -0.05) is 26.0 Å². The average Bonchev–Trinajstić information content (AvgIpc) is 3.61. The number of benzene rings is 1. The van der Waals surface area contributed by atoms with Gasteiger partial charge in [-0.15, -0.1) is 0 Å². The maximum Gasteiger partial charge on any atom is 0.325 e. The van der Waals surface area contributed by atoms with Gasteiger partial charge in [0.25, 0.3) is 11.8 Å². The number of aromatic amines is 1. The fraction of sp³-hybridized carbons (Fsp3) is 0.538. The first kappa shape index (κ1) is 24.4. The summed E-state index contributed by atoms with van der Waals surface area (Å²) in [6.45, 7) is 5.81. The highest BCUT2D eigenvalue weighted by Crippen LogP contribution is 2.38. The molecule has 3 fully saturated rings. The Morgan fingerprint density at radius 1 is 1.19 bits per heavy atom. The molecule has 1 aromatic heterocycles. The second-order valence-corrected chi connectivity index (χ2v) is 10.3. The molecule has 3 aliphatic heterocycles. The van der Waals surface area contributed by atoms with Crippen LogP contribution >= 0.6 is 0 Å². The Labute approximate surface area is 209 Å². The molecular weight excluding hydrogens is 465 g/mol. The van der Waals surface area contributed by atoms with Crippen molar-refractivity contribution < 1.29 is 23.5 Å². The molecule has 3 saturated heterocycles. The lowest BCUT2D eigenvalue weighted by atomic mass is 9.73. The van der Waals surface area contributed by atoms with E-state index in [1.54, 1.807) is 23.1 Å². The Balaban J connectivity index is 1.36. The summed E-state index contributed by atoms with van der Waals surface area (Å²) in [6.07, 6.45) is 1.98. The first-order valence-electron chi connectivity index (χ1n) is 12.6. The molecule has 10 heteroatoms. The van der Waals surface area contributed by atoms with Crippen LogP contribution in [0.2, 0.25) is 0 Å². The van der Waals surface area contributed by atoms with Crippen molar-refractivity contribution in [2.24, 2.45) is 5.92 Å². The van der Waals surface area contributed by atoms with Gasteiger partial charge in [-0.2, -0.15) is 5.10 Å². The minimum absolute atomic E-state index is 0.143. The number of urea groups is 1. The number of piperidine rings is 1. The standard InChI is InChI=1S/C26H32FN5O4/c1-16(2)21-13-22(30-29-21)23(33)31-10-7-18(8-11-31)26(14-17-3-5-19(27)6-4-17)24(34)32(25(35)28-26)20-9-12-36-15-20/h3-6,13,16,18,20H,7-12,14-15H2,1-2H3,(H,28,35)(H,29,30). The molecule has 192 valence electrons. The van der Waals surface area contributed by atoms with Crippen molar-refractivity contribution in [1.82, 2.24) is 25.3 Å². The SMILES string of the molecule is CC(C)c1cc(C(=O)N2CCC(C3(Cc4ccc(F)cc4)NC(=O)N(C4CCOC4)C3=O)CC2)n[nH]1. The molecule has 5 rings (SSSR count). The van der Waals surface area contributed by atoms with Crippen molar-refractivity contribution in [2.75, 3.05) is 26.3 Å². The number of halogens is 1. The third kappa shape index (κ3) is 4.38. The van der Waals surface area contributed by atoms with Gasteiger partial charge in [-0.3, -0.25) is 19.6 Å². The van der Waals surface area contributed by atoms with Gasteiger partial charge in [0, 0.05) is 31.8 Å². The van der Waals surface area contributed by atoms with Gasteiger partial charge >= 0.3 is 6.03 Å². The fourth-order valence-electron chi connectivity index (χ4n) is 5.61. The number of carbonyl (C=O) groups is 3. The fourth-order valence-corrected chi connectivity index (χ4v) is 5.61. The first-order valence-corrected chi connectivity index (χ1v) is 12.6. The molecule has 2 atom stereocenters. The van der Waals surface area contributed by atoms with Gasteiger partial charge in [0.05, 0.1) is 12.6 Å². The van der Waals surface area contributed by atoms with Crippen LogP contribution in [0.15, 0.2) is 30.3 Å². The van der Waals surface area contributed by atoms with Gasteiger partial charge in [0.15, 0.2) is 0 Å². The summed E-state index contributed by atoms with van der Waals surface area (Å²) < 4.78 is 19.0. The van der Waals surface area contributed by atoms with Crippen LogP contribution in [0, 0.1) is 11.7 Å². The summed E-state index contributed by atoms with van der Waals surface area (Å²) in [7, 11) is 0. The number of H-pyrrole nitrogens is 1. The molecule has 0 radical (unpaired) electrons. The lowest BCUT2D eigenvalue weighted by Gasteiger charge is -2.41. The highest BCUT2D eigenvalue weighted by molar-refractivity contribution is 6.08. The van der Waals surface area contributed by atoms with Crippen LogP contribution in [-0.2, 0) is 16.0 Å². The van der Waals surface area contributed by atoms with Crippen LogP contribution in [0.25, 0.3) is 0 Å². The average molecular weight is 498 g/mol. The van der Waals surface area contributed by atoms with Gasteiger partial charge in [0.1, 0.15) is 17.1 Å². The third-order valence-corrected chi connectivity index (χ3v) is 7.73. The number of amides is 4. The lowest BCUT2D eigenvalue weighted by Crippen LogP contribution is -2.58. The maximum atomic E-state index is 13.9. The van der Waals surface area contributed by atoms with Crippen LogP contribution in [0.1, 0.15) is 60.8 Å². The Morgan fingerprint density at radius 2 is 1.92 bits per heavy atom. The smallest absolute Gasteiger partial charge is 0.325 e. The highest BCUT2D eigenvalue weighted by Gasteiger charge is 2.57. The minimum Gasteiger partial charge on any atom is -0.379 e. The molecule has 36 heavy (non-hydrogen) atoms. The van der Waals surface area contributed by atoms with Crippen molar-refractivity contribution in [1.29, 1.82) is 0 Å². The molecule has 0 saturated carbocycles. The zero-order chi connectivity index (χ0) is 25.4. The van der Waals surface area contributed by atoms with Crippen LogP contribution in [0.5, 0.6) is 0 Å². The Bertz CT molecular complexity index is 1140. The van der Waals surface area contributed by atoms with E-state index in [4.69, 9.17) is 4.74 Å². The van der Waals surface area contributed by atoms with Crippen molar-refractivity contribution in [3.8, 4) is 0 Å². The van der Waals surface area contributed by atoms with Crippen molar-refractivity contribution in [3.63, 3.8) is 0 Å². The Hall–Kier alpha value is -3.27. The number of nitrogens with one attached hydrogen (secondary N) is 2. The van der Waals surface area contributed by atoms with E-state index >= 15 is 0 Å². The van der Waals surface area contributed by atoms with Crippen molar-refractivity contribution in [3.05, 3.63) is 53.1 Å². The third-order valence-electron chi connectivity index (χ3n) is 7.73. The second-order valence-electron chi connectivity index (χ2n) is 10.3. The Morgan fingerprint density at radius 3 is 2.53 bits per heavy atom. The van der Waals surface area contributed by atoms with Crippen LogP contribution in [-0.4, -0.2) is 75.7 Å². The van der Waals surface area contributed by atoms with Gasteiger partial charge < -0.3 is 15.0 Å². The molecule has 1 aromatic carbocycles. The maximum absolute atomic E-state index is 13.9. The molecule has 2 aromatic rings. The van der Waals surface area contributed by atoms with E-state index in [0.717, 1.165) is 11.3 Å². The summed E-state index contributed by atoms with van der Waals surface area (Å²) in [5.74, 6) is -0.700. The summed E-state index contributed by atoms with van der Waals surface area (Å²) in [5, 5.41) is 10.1. The summed E-state index contributed by atoms with van der Waals surface area (Å²) in [5.41, 5.74) is 0.910. The number of ether oxygens (including phenoxy) is 1. The molecule has 4 heterocycles. The van der Waals surface area contributed by atoms with Gasteiger partial charge in [-0.05, 0) is 54.9 Å². The molecule has 0 bridgehead atoms. The molecule has 9 nitrogen and oxygen atoms in total. The number of hydrogen-bond donors (Lipinski definition) is 2. The summed E-state index contributed by atoms with van der Waals surface area (Å²) in [6, 6.07) is 7.13. The number of imide groups is 1. The Kier molecular flexibility index (Phi) is 6.55. The van der Waals surface area contributed by atoms with Gasteiger partial charge in [-0.25, -0.2) is 9.18 Å². The van der Waals surface area contributed by atoms with Crippen LogP contribution in [0.4, 0.5) is 9.18 Å². The largest absolute Gasteiger partial charge is 0.379 e. The summed E-state index contributed by atoms with van der Waals surface area (Å²) in [4.78, 5) is 43.1. The molecule has 0 aliphatic carbocycles. The molecule has 4 amide bonds. The van der Waals surface area contributed by atoms with Gasteiger partial charge in [0.2, 0.25) is 0 Å². The molecule has 0 spiro atoms. The zero-order valence-corrected chi connectivity index (χ0v) is 20.6. The topological polar surface area (TPSA) is 108 Å². The van der Waals surface area contributed by atoms with E-state index in [1.165, 1.54) is 17.0 Å². The van der Waals surface area contributed by atoms with E-state index in [-0.39, 0.29) is 41.9 Å². The predicted octanol–water partition coefficient (Wildman–Crippen LogP) is 2.85. The van der Waals surface area contributed by atoms with Crippen molar-refractivity contribution >= 4 is 17.8 Å². The zero-order valence-electron chi connectivity index (χ0n) is 20.6. The minimum atomic E-state index is -1.15. The van der Waals surface area contributed by atoms with E-state index in [0.29, 0.717) is 51.3 Å². The number of nitrogens with zero attached hydrogens (tertiary/aromatic N) is 3. The van der Waals surface area contributed by atoms with Crippen molar-refractivity contribution in [2.45, 2.75) is 57.0 Å². The van der Waals surface area contributed by atoms with E-state index in [9.17, 15) is 18.8 Å². The number of carbonyl (C=O) groups excluding carboxylic acids is 3. The number of likely N-dealkylation sites (tertiary alicyclic amines) is 1. The number of rotatable bonds is 6. The second kappa shape index (κ2) is 9.65. The monoisotopic (exact) mass is 497 g/mol. The number of hydrogen-bond acceptors (Lipinski definition) is 5. The molecular formula is C26H32FN5O4. The lowest BCUT2D eigenvalue weighted by molar-refractivity contribution is -0.135. The highest BCUT2D eigenvalue weighted by atomic mass is 19.1. The molecule has 3 aliphatic rings.